The number of aliphatic carboxylic acids is 1. The van der Waals surface area contributed by atoms with Crippen molar-refractivity contribution in [2.75, 3.05) is 5.33 Å². The van der Waals surface area contributed by atoms with Crippen LogP contribution in [0, 0.1) is 0 Å². The first-order chi connectivity index (χ1) is 2.77. The van der Waals surface area contributed by atoms with E-state index in [4.69, 9.17) is 5.11 Å². The Morgan fingerprint density at radius 1 is 1.71 bits per heavy atom. The van der Waals surface area contributed by atoms with E-state index in [0.717, 1.165) is 0 Å². The maximum atomic E-state index is 9.57. The van der Waals surface area contributed by atoms with Gasteiger partial charge in [0.2, 0.25) is 0 Å². The summed E-state index contributed by atoms with van der Waals surface area (Å²) in [7, 11) is 0. The van der Waals surface area contributed by atoms with Crippen LogP contribution in [0.1, 0.15) is 6.42 Å². The molecule has 0 amide bonds. The van der Waals surface area contributed by atoms with Gasteiger partial charge in [-0.05, 0) is 0 Å². The molecule has 0 bridgehead atoms. The fraction of sp³-hybridized carbons (Fsp3) is 0.667. The van der Waals surface area contributed by atoms with Crippen LogP contribution in [0.2, 0.25) is 0 Å². The number of carboxylic acids is 1. The Morgan fingerprint density at radius 2 is 2.14 bits per heavy atom. The summed E-state index contributed by atoms with van der Waals surface area (Å²) in [6.45, 7) is 0. The van der Waals surface area contributed by atoms with Gasteiger partial charge in [-0.2, -0.15) is 0 Å². The summed E-state index contributed by atoms with van der Waals surface area (Å²) < 4.78 is 0. The van der Waals surface area contributed by atoms with E-state index in [0.29, 0.717) is 5.33 Å². The van der Waals surface area contributed by atoms with Gasteiger partial charge in [0.15, 0.2) is 0 Å². The molecular weight excluding hydrogens is 155 g/mol. The van der Waals surface area contributed by atoms with Crippen molar-refractivity contribution in [1.29, 1.82) is 0 Å². The summed E-state index contributed by atoms with van der Waals surface area (Å²) in [5.41, 5.74) is 0. The predicted molar refractivity (Wildman–Crippen MR) is 31.8 cm³/mol. The molecular formula is C3H5BrLiO2. The van der Waals surface area contributed by atoms with Gasteiger partial charge in [0.05, 0.1) is 6.42 Å². The van der Waals surface area contributed by atoms with Gasteiger partial charge in [0.1, 0.15) is 0 Å². The van der Waals surface area contributed by atoms with Crippen LogP contribution < -0.4 is 0 Å². The average Bonchev–Trinajstić information content (AvgIpc) is 1.35. The second-order valence-corrected chi connectivity index (χ2v) is 1.63. The van der Waals surface area contributed by atoms with E-state index in [-0.39, 0.29) is 25.3 Å². The van der Waals surface area contributed by atoms with Gasteiger partial charge in [-0.15, -0.1) is 0 Å². The third-order valence-corrected chi connectivity index (χ3v) is 0.705. The molecule has 1 radical (unpaired) electrons. The van der Waals surface area contributed by atoms with E-state index < -0.39 is 5.97 Å². The van der Waals surface area contributed by atoms with Gasteiger partial charge in [0, 0.05) is 24.2 Å². The summed E-state index contributed by atoms with van der Waals surface area (Å²) in [4.78, 5) is 9.57. The van der Waals surface area contributed by atoms with Crippen molar-refractivity contribution in [2.24, 2.45) is 0 Å². The monoisotopic (exact) mass is 159 g/mol. The average molecular weight is 160 g/mol. The van der Waals surface area contributed by atoms with E-state index in [1.807, 2.05) is 0 Å². The first-order valence-corrected chi connectivity index (χ1v) is 2.67. The molecule has 0 atom stereocenters. The quantitative estimate of drug-likeness (QED) is 0.471. The number of halogens is 1. The molecule has 2 nitrogen and oxygen atoms in total. The molecule has 0 fully saturated rings. The molecule has 0 aliphatic carbocycles. The molecule has 0 aromatic rings. The molecule has 0 rings (SSSR count). The zero-order chi connectivity index (χ0) is 4.99. The van der Waals surface area contributed by atoms with E-state index in [2.05, 4.69) is 15.9 Å². The summed E-state index contributed by atoms with van der Waals surface area (Å²) in [5.74, 6) is -0.758. The molecule has 0 aliphatic rings. The van der Waals surface area contributed by atoms with E-state index in [9.17, 15) is 4.79 Å². The Hall–Kier alpha value is 0.547. The Morgan fingerprint density at radius 3 is 2.14 bits per heavy atom. The minimum Gasteiger partial charge on any atom is -0.481 e. The van der Waals surface area contributed by atoms with Crippen LogP contribution >= 0.6 is 15.9 Å². The van der Waals surface area contributed by atoms with Crippen molar-refractivity contribution in [3.05, 3.63) is 0 Å². The van der Waals surface area contributed by atoms with Gasteiger partial charge in [-0.25, -0.2) is 0 Å². The maximum Gasteiger partial charge on any atom is 0.304 e. The van der Waals surface area contributed by atoms with Crippen molar-refractivity contribution in [3.8, 4) is 0 Å². The molecule has 1 N–H and O–H groups in total. The summed E-state index contributed by atoms with van der Waals surface area (Å²) in [6.07, 6.45) is 0.208. The van der Waals surface area contributed by atoms with Crippen LogP contribution in [-0.2, 0) is 4.79 Å². The third kappa shape index (κ3) is 10.8. The second-order valence-electron chi connectivity index (χ2n) is 0.833. The number of hydrogen-bond acceptors (Lipinski definition) is 1. The number of rotatable bonds is 2. The van der Waals surface area contributed by atoms with Crippen LogP contribution in [0.15, 0.2) is 0 Å². The van der Waals surface area contributed by atoms with Crippen LogP contribution in [0.4, 0.5) is 0 Å². The molecule has 0 saturated heterocycles. The summed E-state index contributed by atoms with van der Waals surface area (Å²) in [6, 6.07) is 0. The van der Waals surface area contributed by atoms with Crippen molar-refractivity contribution >= 4 is 40.8 Å². The Bertz CT molecular complexity index is 56.9. The number of hydrogen-bond donors (Lipinski definition) is 1. The Labute approximate surface area is 62.6 Å². The van der Waals surface area contributed by atoms with Crippen LogP contribution in [0.25, 0.3) is 0 Å². The number of carboxylic acid groups (broad SMARTS) is 1. The molecule has 7 heavy (non-hydrogen) atoms. The molecule has 4 heteroatoms. The van der Waals surface area contributed by atoms with Crippen molar-refractivity contribution in [2.45, 2.75) is 6.42 Å². The first kappa shape index (κ1) is 10.5. The summed E-state index contributed by atoms with van der Waals surface area (Å²) >= 11 is 2.97. The molecule has 0 heterocycles. The van der Waals surface area contributed by atoms with E-state index in [1.54, 1.807) is 0 Å². The zero-order valence-electron chi connectivity index (χ0n) is 4.15. The fourth-order valence-corrected chi connectivity index (χ4v) is 0.420. The number of alkyl halides is 1. The fourth-order valence-electron chi connectivity index (χ4n) is 0.0808. The SMILES string of the molecule is O=C(O)CCBr.[Li]. The zero-order valence-corrected chi connectivity index (χ0v) is 5.73. The van der Waals surface area contributed by atoms with E-state index in [1.165, 1.54) is 0 Å². The minimum absolute atomic E-state index is 0. The van der Waals surface area contributed by atoms with Crippen molar-refractivity contribution in [3.63, 3.8) is 0 Å². The van der Waals surface area contributed by atoms with Crippen LogP contribution in [0.5, 0.6) is 0 Å². The molecule has 0 aromatic carbocycles. The normalized spacial score (nSPS) is 7.00. The maximum absolute atomic E-state index is 9.57. The molecule has 0 aliphatic heterocycles. The van der Waals surface area contributed by atoms with Gasteiger partial charge in [-0.3, -0.25) is 4.79 Å². The van der Waals surface area contributed by atoms with Crippen LogP contribution in [-0.4, -0.2) is 35.3 Å². The Kier molecular flexibility index (Phi) is 9.83. The summed E-state index contributed by atoms with van der Waals surface area (Å²) in [5, 5.41) is 8.43. The topological polar surface area (TPSA) is 37.3 Å². The number of carbonyl (C=O) groups is 1. The smallest absolute Gasteiger partial charge is 0.304 e. The molecule has 0 unspecified atom stereocenters. The predicted octanol–water partition coefficient (Wildman–Crippen LogP) is 0.475. The minimum atomic E-state index is -0.758. The van der Waals surface area contributed by atoms with Crippen LogP contribution in [0.3, 0.4) is 0 Å². The largest absolute Gasteiger partial charge is 0.481 e. The second kappa shape index (κ2) is 6.55. The molecule has 0 saturated carbocycles. The van der Waals surface area contributed by atoms with Gasteiger partial charge in [-0.1, -0.05) is 15.9 Å². The standard InChI is InChI=1S/C3H5BrO2.Li/c4-2-1-3(5)6;/h1-2H2,(H,5,6);. The van der Waals surface area contributed by atoms with E-state index >= 15 is 0 Å². The van der Waals surface area contributed by atoms with Crippen molar-refractivity contribution in [1.82, 2.24) is 0 Å². The van der Waals surface area contributed by atoms with Gasteiger partial charge < -0.3 is 5.11 Å². The molecule has 37 valence electrons. The third-order valence-electron chi connectivity index (χ3n) is 0.308. The molecule has 0 spiro atoms. The van der Waals surface area contributed by atoms with Gasteiger partial charge in [0.25, 0.3) is 0 Å². The molecule has 0 aromatic heterocycles. The Balaban J connectivity index is 0. The van der Waals surface area contributed by atoms with Gasteiger partial charge >= 0.3 is 5.97 Å². The first-order valence-electron chi connectivity index (χ1n) is 1.55. The van der Waals surface area contributed by atoms with Crippen molar-refractivity contribution < 1.29 is 9.90 Å².